The molecule has 0 atom stereocenters. The summed E-state index contributed by atoms with van der Waals surface area (Å²) >= 11 is 0. The Morgan fingerprint density at radius 1 is 1.25 bits per heavy atom. The predicted octanol–water partition coefficient (Wildman–Crippen LogP) is 0.645. The first-order chi connectivity index (χ1) is 5.63. The molecule has 0 amide bonds. The third-order valence-corrected chi connectivity index (χ3v) is 2.23. The van der Waals surface area contributed by atoms with Gasteiger partial charge in [-0.1, -0.05) is 13.8 Å². The zero-order valence-corrected chi connectivity index (χ0v) is 7.25. The van der Waals surface area contributed by atoms with Crippen molar-refractivity contribution in [3.63, 3.8) is 0 Å². The van der Waals surface area contributed by atoms with Gasteiger partial charge in [-0.25, -0.2) is 9.59 Å². The number of hydrogen-bond donors (Lipinski definition) is 0. The maximum atomic E-state index is 10.8. The van der Waals surface area contributed by atoms with Crippen LogP contribution in [-0.2, 0) is 19.1 Å². The van der Waals surface area contributed by atoms with Crippen molar-refractivity contribution >= 4 is 11.9 Å². The average molecular weight is 172 g/mol. The van der Waals surface area contributed by atoms with Crippen molar-refractivity contribution in [1.82, 2.24) is 0 Å². The maximum absolute atomic E-state index is 10.8. The van der Waals surface area contributed by atoms with Crippen LogP contribution in [0.3, 0.4) is 0 Å². The van der Waals surface area contributed by atoms with Gasteiger partial charge in [-0.05, 0) is 12.8 Å². The predicted molar refractivity (Wildman–Crippen MR) is 40.4 cm³/mol. The second-order valence-corrected chi connectivity index (χ2v) is 2.86. The zero-order chi connectivity index (χ0) is 9.19. The van der Waals surface area contributed by atoms with Gasteiger partial charge in [-0.3, -0.25) is 0 Å². The second-order valence-electron chi connectivity index (χ2n) is 2.86. The summed E-state index contributed by atoms with van der Waals surface area (Å²) in [5.41, 5.74) is -0.578. The molecule has 1 fully saturated rings. The summed E-state index contributed by atoms with van der Waals surface area (Å²) in [6, 6.07) is 0. The molecule has 0 saturated carbocycles. The highest BCUT2D eigenvalue weighted by molar-refractivity contribution is 6.30. The quantitative estimate of drug-likeness (QED) is 0.453. The van der Waals surface area contributed by atoms with E-state index in [0.717, 1.165) is 0 Å². The molecule has 0 aliphatic carbocycles. The Morgan fingerprint density at radius 2 is 1.83 bits per heavy atom. The maximum Gasteiger partial charge on any atom is 0.418 e. The lowest BCUT2D eigenvalue weighted by Crippen LogP contribution is -2.47. The summed E-state index contributed by atoms with van der Waals surface area (Å²) in [5.74, 6) is -1.75. The number of carbonyl (C=O) groups excluding carboxylic acids is 2. The van der Waals surface area contributed by atoms with Gasteiger partial charge in [0, 0.05) is 0 Å². The normalized spacial score (nSPS) is 21.5. The van der Waals surface area contributed by atoms with Crippen LogP contribution in [-0.4, -0.2) is 24.1 Å². The standard InChI is InChI=1S/C8H12O4/c1-3-8(4-2)5-11-6(9)7(10)12-8/h3-5H2,1-2H3. The fraction of sp³-hybridized carbons (Fsp3) is 0.750. The molecular formula is C8H12O4. The first kappa shape index (κ1) is 9.03. The minimum atomic E-state index is -0.882. The number of rotatable bonds is 2. The molecule has 68 valence electrons. The molecule has 1 rings (SSSR count). The number of esters is 2. The van der Waals surface area contributed by atoms with Crippen LogP contribution < -0.4 is 0 Å². The number of hydrogen-bond acceptors (Lipinski definition) is 4. The van der Waals surface area contributed by atoms with Crippen LogP contribution in [0.15, 0.2) is 0 Å². The van der Waals surface area contributed by atoms with Gasteiger partial charge < -0.3 is 9.47 Å². The van der Waals surface area contributed by atoms with Gasteiger partial charge in [0.1, 0.15) is 12.2 Å². The summed E-state index contributed by atoms with van der Waals surface area (Å²) < 4.78 is 9.65. The Morgan fingerprint density at radius 3 is 2.25 bits per heavy atom. The van der Waals surface area contributed by atoms with Gasteiger partial charge in [0.15, 0.2) is 0 Å². The molecule has 1 heterocycles. The Hall–Kier alpha value is -1.06. The van der Waals surface area contributed by atoms with Crippen LogP contribution in [0.1, 0.15) is 26.7 Å². The molecule has 1 saturated heterocycles. The highest BCUT2D eigenvalue weighted by Gasteiger charge is 2.40. The van der Waals surface area contributed by atoms with Crippen LogP contribution in [0.25, 0.3) is 0 Å². The molecule has 0 aromatic carbocycles. The Kier molecular flexibility index (Phi) is 2.35. The first-order valence-corrected chi connectivity index (χ1v) is 4.03. The molecule has 1 aliphatic rings. The lowest BCUT2D eigenvalue weighted by Gasteiger charge is -2.33. The highest BCUT2D eigenvalue weighted by atomic mass is 16.6. The van der Waals surface area contributed by atoms with Crippen molar-refractivity contribution in [3.8, 4) is 0 Å². The number of cyclic esters (lactones) is 2. The van der Waals surface area contributed by atoms with Crippen molar-refractivity contribution in [1.29, 1.82) is 0 Å². The first-order valence-electron chi connectivity index (χ1n) is 4.03. The Balaban J connectivity index is 2.71. The van der Waals surface area contributed by atoms with Crippen LogP contribution in [0.2, 0.25) is 0 Å². The molecule has 4 nitrogen and oxygen atoms in total. The molecule has 0 radical (unpaired) electrons. The van der Waals surface area contributed by atoms with E-state index in [-0.39, 0.29) is 6.61 Å². The summed E-state index contributed by atoms with van der Waals surface area (Å²) in [6.07, 6.45) is 1.34. The van der Waals surface area contributed by atoms with Gasteiger partial charge in [0.05, 0.1) is 0 Å². The SMILES string of the molecule is CCC1(CC)COC(=O)C(=O)O1. The van der Waals surface area contributed by atoms with Gasteiger partial charge >= 0.3 is 11.9 Å². The van der Waals surface area contributed by atoms with Crippen LogP contribution in [0.5, 0.6) is 0 Å². The summed E-state index contributed by atoms with van der Waals surface area (Å²) in [6.45, 7) is 3.98. The molecule has 0 aromatic rings. The number of carbonyl (C=O) groups is 2. The molecule has 1 aliphatic heterocycles. The van der Waals surface area contributed by atoms with E-state index in [9.17, 15) is 9.59 Å². The fourth-order valence-corrected chi connectivity index (χ4v) is 1.12. The lowest BCUT2D eigenvalue weighted by molar-refractivity contribution is -0.199. The van der Waals surface area contributed by atoms with E-state index in [0.29, 0.717) is 12.8 Å². The van der Waals surface area contributed by atoms with Crippen molar-refractivity contribution in [3.05, 3.63) is 0 Å². The molecule has 0 spiro atoms. The molecule has 0 N–H and O–H groups in total. The fourth-order valence-electron chi connectivity index (χ4n) is 1.12. The molecule has 0 unspecified atom stereocenters. The van der Waals surface area contributed by atoms with Crippen molar-refractivity contribution in [2.45, 2.75) is 32.3 Å². The van der Waals surface area contributed by atoms with Crippen LogP contribution in [0, 0.1) is 0 Å². The monoisotopic (exact) mass is 172 g/mol. The molecular weight excluding hydrogens is 160 g/mol. The molecule has 0 bridgehead atoms. The van der Waals surface area contributed by atoms with Gasteiger partial charge in [-0.2, -0.15) is 0 Å². The van der Waals surface area contributed by atoms with Crippen LogP contribution in [0.4, 0.5) is 0 Å². The van der Waals surface area contributed by atoms with E-state index in [1.54, 1.807) is 0 Å². The summed E-state index contributed by atoms with van der Waals surface area (Å²) in [5, 5.41) is 0. The Bertz CT molecular complexity index is 205. The molecule has 12 heavy (non-hydrogen) atoms. The summed E-state index contributed by atoms with van der Waals surface area (Å²) in [4.78, 5) is 21.4. The van der Waals surface area contributed by atoms with E-state index in [2.05, 4.69) is 4.74 Å². The van der Waals surface area contributed by atoms with Crippen molar-refractivity contribution < 1.29 is 19.1 Å². The van der Waals surface area contributed by atoms with Crippen molar-refractivity contribution in [2.24, 2.45) is 0 Å². The second kappa shape index (κ2) is 3.13. The smallest absolute Gasteiger partial charge is 0.418 e. The van der Waals surface area contributed by atoms with E-state index in [4.69, 9.17) is 4.74 Å². The highest BCUT2D eigenvalue weighted by Crippen LogP contribution is 2.24. The van der Waals surface area contributed by atoms with Crippen LogP contribution >= 0.6 is 0 Å². The van der Waals surface area contributed by atoms with Gasteiger partial charge in [-0.15, -0.1) is 0 Å². The van der Waals surface area contributed by atoms with Gasteiger partial charge in [0.25, 0.3) is 0 Å². The Labute approximate surface area is 70.8 Å². The molecule has 0 aromatic heterocycles. The van der Waals surface area contributed by atoms with E-state index >= 15 is 0 Å². The third-order valence-electron chi connectivity index (χ3n) is 2.23. The van der Waals surface area contributed by atoms with E-state index < -0.39 is 17.5 Å². The van der Waals surface area contributed by atoms with Gasteiger partial charge in [0.2, 0.25) is 0 Å². The average Bonchev–Trinajstić information content (AvgIpc) is 2.10. The zero-order valence-electron chi connectivity index (χ0n) is 7.25. The van der Waals surface area contributed by atoms with E-state index in [1.165, 1.54) is 0 Å². The minimum Gasteiger partial charge on any atom is -0.453 e. The number of ether oxygens (including phenoxy) is 2. The van der Waals surface area contributed by atoms with E-state index in [1.807, 2.05) is 13.8 Å². The molecule has 4 heteroatoms. The lowest BCUT2D eigenvalue weighted by atomic mass is 9.98. The van der Waals surface area contributed by atoms with Crippen molar-refractivity contribution in [2.75, 3.05) is 6.61 Å². The minimum absolute atomic E-state index is 0.185. The largest absolute Gasteiger partial charge is 0.453 e. The summed E-state index contributed by atoms with van der Waals surface area (Å²) in [7, 11) is 0. The topological polar surface area (TPSA) is 52.6 Å². The third kappa shape index (κ3) is 1.42.